The molecule has 0 saturated carbocycles. The number of rotatable bonds is 3. The third kappa shape index (κ3) is 4.80. The second-order valence-corrected chi connectivity index (χ2v) is 6.09. The molecule has 0 aromatic rings. The highest BCUT2D eigenvalue weighted by atomic mass is 16.2. The number of hydrogen-bond acceptors (Lipinski definition) is 2. The number of hydrogen-bond donors (Lipinski definition) is 0. The molecule has 0 aromatic carbocycles. The summed E-state index contributed by atoms with van der Waals surface area (Å²) in [5, 5.41) is 0. The van der Waals surface area contributed by atoms with Crippen LogP contribution in [-0.2, 0) is 9.59 Å². The van der Waals surface area contributed by atoms with Gasteiger partial charge in [0, 0.05) is 39.0 Å². The molecule has 0 aliphatic carbocycles. The highest BCUT2D eigenvalue weighted by Gasteiger charge is 2.19. The highest BCUT2D eigenvalue weighted by Crippen LogP contribution is 2.14. The Morgan fingerprint density at radius 2 is 0.850 bits per heavy atom. The van der Waals surface area contributed by atoms with Gasteiger partial charge in [-0.3, -0.25) is 9.59 Å². The summed E-state index contributed by atoms with van der Waals surface area (Å²) in [5.41, 5.74) is 0. The van der Waals surface area contributed by atoms with Crippen molar-refractivity contribution in [2.24, 2.45) is 0 Å². The molecule has 0 aromatic heterocycles. The largest absolute Gasteiger partial charge is 0.343 e. The van der Waals surface area contributed by atoms with E-state index < -0.39 is 0 Å². The molecule has 0 N–H and O–H groups in total. The Labute approximate surface area is 122 Å². The molecule has 0 radical (unpaired) electrons. The Hall–Kier alpha value is -1.06. The molecule has 0 spiro atoms. The van der Waals surface area contributed by atoms with Crippen molar-refractivity contribution >= 4 is 11.8 Å². The van der Waals surface area contributed by atoms with Gasteiger partial charge in [0.1, 0.15) is 0 Å². The number of carbonyl (C=O) groups excluding carboxylic acids is 2. The summed E-state index contributed by atoms with van der Waals surface area (Å²) in [6.45, 7) is 3.54. The molecule has 0 unspecified atom stereocenters. The summed E-state index contributed by atoms with van der Waals surface area (Å²) in [4.78, 5) is 28.2. The molecule has 2 fully saturated rings. The first kappa shape index (κ1) is 15.3. The van der Waals surface area contributed by atoms with Crippen molar-refractivity contribution in [1.82, 2.24) is 9.80 Å². The van der Waals surface area contributed by atoms with Crippen LogP contribution >= 0.6 is 0 Å². The van der Waals surface area contributed by atoms with E-state index in [4.69, 9.17) is 0 Å². The van der Waals surface area contributed by atoms with Gasteiger partial charge in [0.15, 0.2) is 0 Å². The maximum atomic E-state index is 12.2. The highest BCUT2D eigenvalue weighted by molar-refractivity contribution is 5.83. The Kier molecular flexibility index (Phi) is 6.34. The smallest absolute Gasteiger partial charge is 0.223 e. The van der Waals surface area contributed by atoms with Gasteiger partial charge in [-0.05, 0) is 25.7 Å². The molecule has 2 aliphatic heterocycles. The first-order valence-electron chi connectivity index (χ1n) is 8.33. The molecule has 2 aliphatic rings. The lowest BCUT2D eigenvalue weighted by Crippen LogP contribution is -2.35. The third-order valence-electron chi connectivity index (χ3n) is 4.47. The number of carbonyl (C=O) groups is 2. The monoisotopic (exact) mass is 280 g/mol. The first-order chi connectivity index (χ1) is 9.77. The lowest BCUT2D eigenvalue weighted by Gasteiger charge is -2.22. The molecular weight excluding hydrogens is 252 g/mol. The van der Waals surface area contributed by atoms with Crippen molar-refractivity contribution < 1.29 is 9.59 Å². The van der Waals surface area contributed by atoms with Gasteiger partial charge in [0.25, 0.3) is 0 Å². The summed E-state index contributed by atoms with van der Waals surface area (Å²) >= 11 is 0. The Morgan fingerprint density at radius 3 is 1.15 bits per heavy atom. The minimum Gasteiger partial charge on any atom is -0.343 e. The van der Waals surface area contributed by atoms with E-state index in [9.17, 15) is 9.59 Å². The predicted octanol–water partition coefficient (Wildman–Crippen LogP) is 2.57. The minimum absolute atomic E-state index is 0.176. The molecule has 4 heteroatoms. The number of amides is 2. The van der Waals surface area contributed by atoms with Crippen LogP contribution in [0.2, 0.25) is 0 Å². The average Bonchev–Trinajstić information content (AvgIpc) is 2.88. The second-order valence-electron chi connectivity index (χ2n) is 6.09. The zero-order chi connectivity index (χ0) is 14.2. The van der Waals surface area contributed by atoms with Crippen molar-refractivity contribution in [3.05, 3.63) is 0 Å². The maximum absolute atomic E-state index is 12.2. The van der Waals surface area contributed by atoms with Crippen LogP contribution in [0.5, 0.6) is 0 Å². The number of likely N-dealkylation sites (tertiary alicyclic amines) is 2. The van der Waals surface area contributed by atoms with Gasteiger partial charge in [-0.1, -0.05) is 25.7 Å². The Bertz CT molecular complexity index is 282. The fourth-order valence-electron chi connectivity index (χ4n) is 3.17. The van der Waals surface area contributed by atoms with E-state index in [1.165, 1.54) is 25.7 Å². The molecule has 114 valence electrons. The van der Waals surface area contributed by atoms with Gasteiger partial charge in [0.05, 0.1) is 0 Å². The summed E-state index contributed by atoms with van der Waals surface area (Å²) < 4.78 is 0. The summed E-state index contributed by atoms with van der Waals surface area (Å²) in [6, 6.07) is 0. The standard InChI is InChI=1S/C16H28N2O2/c19-15(17-11-5-1-2-6-12-17)9-10-16(20)18-13-7-3-4-8-14-18/h1-14H2. The topological polar surface area (TPSA) is 40.6 Å². The first-order valence-corrected chi connectivity index (χ1v) is 8.33. The normalized spacial score (nSPS) is 21.2. The fourth-order valence-corrected chi connectivity index (χ4v) is 3.17. The Morgan fingerprint density at radius 1 is 0.550 bits per heavy atom. The van der Waals surface area contributed by atoms with Crippen LogP contribution in [-0.4, -0.2) is 47.8 Å². The summed E-state index contributed by atoms with van der Waals surface area (Å²) in [6.07, 6.45) is 10.2. The SMILES string of the molecule is O=C(CCC(=O)N1CCCCCC1)N1CCCCCC1. The van der Waals surface area contributed by atoms with Crippen molar-refractivity contribution in [2.75, 3.05) is 26.2 Å². The van der Waals surface area contributed by atoms with Crippen LogP contribution < -0.4 is 0 Å². The molecule has 2 rings (SSSR count). The third-order valence-corrected chi connectivity index (χ3v) is 4.47. The zero-order valence-electron chi connectivity index (χ0n) is 12.6. The molecular formula is C16H28N2O2. The van der Waals surface area contributed by atoms with Crippen LogP contribution in [0, 0.1) is 0 Å². The van der Waals surface area contributed by atoms with Gasteiger partial charge in [-0.15, -0.1) is 0 Å². The van der Waals surface area contributed by atoms with Crippen molar-refractivity contribution in [3.8, 4) is 0 Å². The van der Waals surface area contributed by atoms with E-state index in [1.54, 1.807) is 0 Å². The quantitative estimate of drug-likeness (QED) is 0.797. The minimum atomic E-state index is 0.176. The van der Waals surface area contributed by atoms with Crippen molar-refractivity contribution in [2.45, 2.75) is 64.2 Å². The van der Waals surface area contributed by atoms with Gasteiger partial charge < -0.3 is 9.80 Å². The second kappa shape index (κ2) is 8.28. The predicted molar refractivity (Wildman–Crippen MR) is 79.3 cm³/mol. The van der Waals surface area contributed by atoms with Crippen LogP contribution in [0.1, 0.15) is 64.2 Å². The van der Waals surface area contributed by atoms with E-state index in [1.807, 2.05) is 9.80 Å². The maximum Gasteiger partial charge on any atom is 0.223 e. The summed E-state index contributed by atoms with van der Waals surface area (Å²) in [5.74, 6) is 0.352. The van der Waals surface area contributed by atoms with E-state index in [-0.39, 0.29) is 11.8 Å². The van der Waals surface area contributed by atoms with Crippen molar-refractivity contribution in [1.29, 1.82) is 0 Å². The van der Waals surface area contributed by atoms with Crippen LogP contribution in [0.4, 0.5) is 0 Å². The molecule has 0 atom stereocenters. The molecule has 2 saturated heterocycles. The van der Waals surface area contributed by atoms with Gasteiger partial charge >= 0.3 is 0 Å². The zero-order valence-corrected chi connectivity index (χ0v) is 12.6. The lowest BCUT2D eigenvalue weighted by molar-refractivity contribution is -0.137. The molecule has 20 heavy (non-hydrogen) atoms. The molecule has 2 heterocycles. The lowest BCUT2D eigenvalue weighted by atomic mass is 10.2. The van der Waals surface area contributed by atoms with E-state index in [0.717, 1.165) is 51.9 Å². The van der Waals surface area contributed by atoms with E-state index >= 15 is 0 Å². The fraction of sp³-hybridized carbons (Fsp3) is 0.875. The van der Waals surface area contributed by atoms with E-state index in [0.29, 0.717) is 12.8 Å². The van der Waals surface area contributed by atoms with E-state index in [2.05, 4.69) is 0 Å². The van der Waals surface area contributed by atoms with Crippen LogP contribution in [0.3, 0.4) is 0 Å². The van der Waals surface area contributed by atoms with Crippen molar-refractivity contribution in [3.63, 3.8) is 0 Å². The molecule has 4 nitrogen and oxygen atoms in total. The van der Waals surface area contributed by atoms with Crippen LogP contribution in [0.15, 0.2) is 0 Å². The molecule has 2 amide bonds. The average molecular weight is 280 g/mol. The van der Waals surface area contributed by atoms with Crippen LogP contribution in [0.25, 0.3) is 0 Å². The number of nitrogens with zero attached hydrogens (tertiary/aromatic N) is 2. The molecule has 0 bridgehead atoms. The Balaban J connectivity index is 1.72. The van der Waals surface area contributed by atoms with Gasteiger partial charge in [-0.25, -0.2) is 0 Å². The summed E-state index contributed by atoms with van der Waals surface area (Å²) in [7, 11) is 0. The van der Waals surface area contributed by atoms with Gasteiger partial charge in [0.2, 0.25) is 11.8 Å². The van der Waals surface area contributed by atoms with Gasteiger partial charge in [-0.2, -0.15) is 0 Å².